The molecule has 0 unspecified atom stereocenters. The zero-order valence-electron chi connectivity index (χ0n) is 10.9. The van der Waals surface area contributed by atoms with Crippen molar-refractivity contribution in [2.24, 2.45) is 5.73 Å². The van der Waals surface area contributed by atoms with Crippen LogP contribution in [0, 0.1) is 6.92 Å². The van der Waals surface area contributed by atoms with Crippen LogP contribution < -0.4 is 10.6 Å². The lowest BCUT2D eigenvalue weighted by Gasteiger charge is -2.21. The number of nitrogens with zero attached hydrogens (tertiary/aromatic N) is 2. The number of hydrogen-bond donors (Lipinski definition) is 1. The number of anilines is 1. The molecule has 2 rings (SSSR count). The molecule has 2 aromatic rings. The number of benzene rings is 1. The summed E-state index contributed by atoms with van der Waals surface area (Å²) in [5, 5.41) is 0. The monoisotopic (exact) mass is 241 g/mol. The Labute approximate surface area is 108 Å². The van der Waals surface area contributed by atoms with E-state index in [2.05, 4.69) is 48.1 Å². The first kappa shape index (κ1) is 12.6. The number of pyridine rings is 1. The molecule has 0 bridgehead atoms. The summed E-state index contributed by atoms with van der Waals surface area (Å²) in [5.41, 5.74) is 10.5. The van der Waals surface area contributed by atoms with Crippen LogP contribution in [-0.4, -0.2) is 12.0 Å². The van der Waals surface area contributed by atoms with Gasteiger partial charge in [-0.2, -0.15) is 0 Å². The highest BCUT2D eigenvalue weighted by atomic mass is 15.1. The molecule has 0 spiro atoms. The highest BCUT2D eigenvalue weighted by molar-refractivity contribution is 5.51. The largest absolute Gasteiger partial charge is 0.369 e. The summed E-state index contributed by atoms with van der Waals surface area (Å²) in [4.78, 5) is 6.35. The van der Waals surface area contributed by atoms with Crippen molar-refractivity contribution in [3.8, 4) is 0 Å². The van der Waals surface area contributed by atoms with E-state index in [0.717, 1.165) is 17.8 Å². The summed E-state index contributed by atoms with van der Waals surface area (Å²) in [6.07, 6.45) is 3.65. The molecule has 0 aliphatic carbocycles. The van der Waals surface area contributed by atoms with Crippen LogP contribution in [0.1, 0.15) is 16.7 Å². The molecule has 94 valence electrons. The van der Waals surface area contributed by atoms with Gasteiger partial charge in [0, 0.05) is 26.3 Å². The Morgan fingerprint density at radius 3 is 2.56 bits per heavy atom. The molecule has 0 fully saturated rings. The fraction of sp³-hybridized carbons (Fsp3) is 0.267. The third kappa shape index (κ3) is 2.87. The molecule has 2 N–H and O–H groups in total. The van der Waals surface area contributed by atoms with Crippen molar-refractivity contribution in [2.75, 3.05) is 11.9 Å². The average molecular weight is 241 g/mol. The maximum absolute atomic E-state index is 5.75. The Morgan fingerprint density at radius 1 is 1.17 bits per heavy atom. The summed E-state index contributed by atoms with van der Waals surface area (Å²) in [5.74, 6) is 0. The molecular weight excluding hydrogens is 222 g/mol. The maximum Gasteiger partial charge on any atom is 0.0598 e. The van der Waals surface area contributed by atoms with Gasteiger partial charge in [-0.25, -0.2) is 0 Å². The quantitative estimate of drug-likeness (QED) is 0.894. The highest BCUT2D eigenvalue weighted by Gasteiger charge is 2.06. The summed E-state index contributed by atoms with van der Waals surface area (Å²) < 4.78 is 0. The molecule has 1 aromatic heterocycles. The third-order valence-corrected chi connectivity index (χ3v) is 3.06. The van der Waals surface area contributed by atoms with Crippen LogP contribution in [-0.2, 0) is 13.1 Å². The van der Waals surface area contributed by atoms with Gasteiger partial charge in [0.1, 0.15) is 0 Å². The summed E-state index contributed by atoms with van der Waals surface area (Å²) in [7, 11) is 2.07. The van der Waals surface area contributed by atoms with Crippen LogP contribution in [0.2, 0.25) is 0 Å². The normalized spacial score (nSPS) is 10.4. The Kier molecular flexibility index (Phi) is 3.95. The second kappa shape index (κ2) is 5.65. The standard InChI is InChI=1S/C15H19N3/c1-12-3-5-13(6-4-12)11-18(2)15-10-17-8-7-14(15)9-16/h3-8,10H,9,11,16H2,1-2H3. The number of rotatable bonds is 4. The summed E-state index contributed by atoms with van der Waals surface area (Å²) >= 11 is 0. The van der Waals surface area contributed by atoms with Crippen LogP contribution in [0.15, 0.2) is 42.7 Å². The Bertz CT molecular complexity index is 505. The van der Waals surface area contributed by atoms with Gasteiger partial charge in [0.2, 0.25) is 0 Å². The second-order valence-corrected chi connectivity index (χ2v) is 4.55. The van der Waals surface area contributed by atoms with Crippen molar-refractivity contribution in [3.05, 3.63) is 59.4 Å². The Morgan fingerprint density at radius 2 is 1.89 bits per heavy atom. The summed E-state index contributed by atoms with van der Waals surface area (Å²) in [6, 6.07) is 10.6. The first-order chi connectivity index (χ1) is 8.70. The van der Waals surface area contributed by atoms with Crippen LogP contribution in [0.3, 0.4) is 0 Å². The molecule has 0 aliphatic rings. The Balaban J connectivity index is 2.16. The van der Waals surface area contributed by atoms with Gasteiger partial charge in [-0.1, -0.05) is 29.8 Å². The maximum atomic E-state index is 5.75. The van der Waals surface area contributed by atoms with Gasteiger partial charge in [0.15, 0.2) is 0 Å². The lowest BCUT2D eigenvalue weighted by Crippen LogP contribution is -2.19. The van der Waals surface area contributed by atoms with Crippen molar-refractivity contribution in [1.82, 2.24) is 4.98 Å². The van der Waals surface area contributed by atoms with E-state index >= 15 is 0 Å². The van der Waals surface area contributed by atoms with Crippen LogP contribution in [0.4, 0.5) is 5.69 Å². The predicted molar refractivity (Wildman–Crippen MR) is 75.4 cm³/mol. The molecule has 0 radical (unpaired) electrons. The molecule has 0 saturated carbocycles. The SMILES string of the molecule is Cc1ccc(CN(C)c2cnccc2CN)cc1. The topological polar surface area (TPSA) is 42.2 Å². The van der Waals surface area contributed by atoms with Gasteiger partial charge in [-0.3, -0.25) is 4.98 Å². The lowest BCUT2D eigenvalue weighted by atomic mass is 10.1. The van der Waals surface area contributed by atoms with Crippen molar-refractivity contribution in [2.45, 2.75) is 20.0 Å². The first-order valence-corrected chi connectivity index (χ1v) is 6.10. The van der Waals surface area contributed by atoms with Gasteiger partial charge in [0.05, 0.1) is 11.9 Å². The molecule has 3 heteroatoms. The smallest absolute Gasteiger partial charge is 0.0598 e. The zero-order chi connectivity index (χ0) is 13.0. The van der Waals surface area contributed by atoms with Crippen molar-refractivity contribution >= 4 is 5.69 Å². The predicted octanol–water partition coefficient (Wildman–Crippen LogP) is 2.49. The number of nitrogens with two attached hydrogens (primary N) is 1. The highest BCUT2D eigenvalue weighted by Crippen LogP contribution is 2.19. The van der Waals surface area contributed by atoms with E-state index in [1.54, 1.807) is 6.20 Å². The number of aromatic nitrogens is 1. The van der Waals surface area contributed by atoms with E-state index in [0.29, 0.717) is 6.54 Å². The van der Waals surface area contributed by atoms with E-state index < -0.39 is 0 Å². The Hall–Kier alpha value is -1.87. The summed E-state index contributed by atoms with van der Waals surface area (Å²) in [6.45, 7) is 3.50. The molecule has 1 aromatic carbocycles. The molecular formula is C15H19N3. The molecule has 0 saturated heterocycles. The molecule has 0 amide bonds. The first-order valence-electron chi connectivity index (χ1n) is 6.10. The molecule has 18 heavy (non-hydrogen) atoms. The van der Waals surface area contributed by atoms with E-state index in [4.69, 9.17) is 5.73 Å². The number of aryl methyl sites for hydroxylation is 1. The van der Waals surface area contributed by atoms with Gasteiger partial charge in [0.25, 0.3) is 0 Å². The van der Waals surface area contributed by atoms with Crippen molar-refractivity contribution in [3.63, 3.8) is 0 Å². The van der Waals surface area contributed by atoms with Crippen LogP contribution in [0.25, 0.3) is 0 Å². The zero-order valence-corrected chi connectivity index (χ0v) is 10.9. The fourth-order valence-corrected chi connectivity index (χ4v) is 1.98. The molecule has 0 aliphatic heterocycles. The lowest BCUT2D eigenvalue weighted by molar-refractivity contribution is 0.897. The van der Waals surface area contributed by atoms with Crippen LogP contribution >= 0.6 is 0 Å². The van der Waals surface area contributed by atoms with Crippen molar-refractivity contribution < 1.29 is 0 Å². The van der Waals surface area contributed by atoms with E-state index in [1.807, 2.05) is 12.3 Å². The second-order valence-electron chi connectivity index (χ2n) is 4.55. The van der Waals surface area contributed by atoms with Crippen LogP contribution in [0.5, 0.6) is 0 Å². The minimum atomic E-state index is 0.538. The van der Waals surface area contributed by atoms with E-state index in [1.165, 1.54) is 11.1 Å². The molecule has 0 atom stereocenters. The van der Waals surface area contributed by atoms with Gasteiger partial charge in [-0.15, -0.1) is 0 Å². The minimum Gasteiger partial charge on any atom is -0.369 e. The minimum absolute atomic E-state index is 0.538. The van der Waals surface area contributed by atoms with Gasteiger partial charge in [-0.05, 0) is 24.1 Å². The van der Waals surface area contributed by atoms with E-state index in [9.17, 15) is 0 Å². The molecule has 3 nitrogen and oxygen atoms in total. The van der Waals surface area contributed by atoms with E-state index in [-0.39, 0.29) is 0 Å². The molecule has 1 heterocycles. The third-order valence-electron chi connectivity index (χ3n) is 3.06. The number of hydrogen-bond acceptors (Lipinski definition) is 3. The average Bonchev–Trinajstić information content (AvgIpc) is 2.41. The van der Waals surface area contributed by atoms with Crippen molar-refractivity contribution in [1.29, 1.82) is 0 Å². The van der Waals surface area contributed by atoms with Gasteiger partial charge < -0.3 is 10.6 Å². The fourth-order valence-electron chi connectivity index (χ4n) is 1.98. The van der Waals surface area contributed by atoms with Gasteiger partial charge >= 0.3 is 0 Å².